The van der Waals surface area contributed by atoms with E-state index < -0.39 is 48.2 Å². The Kier molecular flexibility index (Phi) is 6.91. The molecule has 0 aliphatic carbocycles. The van der Waals surface area contributed by atoms with E-state index in [4.69, 9.17) is 0 Å². The number of halogens is 7. The number of alkyl halides is 7. The van der Waals surface area contributed by atoms with Gasteiger partial charge in [0.25, 0.3) is 11.8 Å². The van der Waals surface area contributed by atoms with E-state index in [2.05, 4.69) is 0 Å². The van der Waals surface area contributed by atoms with Crippen molar-refractivity contribution in [3.8, 4) is 0 Å². The molecule has 0 aliphatic rings. The number of rotatable bonds is 8. The fourth-order valence-corrected chi connectivity index (χ4v) is 2.54. The van der Waals surface area contributed by atoms with Crippen LogP contribution in [-0.4, -0.2) is 35.3 Å². The van der Waals surface area contributed by atoms with Crippen LogP contribution in [0.2, 0.25) is 0 Å². The van der Waals surface area contributed by atoms with Gasteiger partial charge in [-0.2, -0.15) is 0 Å². The summed E-state index contributed by atoms with van der Waals surface area (Å²) in [6.07, 6.45) is -11.3. The summed E-state index contributed by atoms with van der Waals surface area (Å²) in [7, 11) is 0. The molecular weight excluding hydrogens is 349 g/mol. The van der Waals surface area contributed by atoms with E-state index in [1.165, 1.54) is 12.1 Å². The first kappa shape index (κ1) is 19.8. The van der Waals surface area contributed by atoms with Gasteiger partial charge in [-0.3, -0.25) is 4.79 Å². The third-order valence-corrected chi connectivity index (χ3v) is 3.75. The Morgan fingerprint density at radius 1 is 1.00 bits per heavy atom. The number of carbonyl (C=O) groups excluding carboxylic acids is 1. The third kappa shape index (κ3) is 6.04. The van der Waals surface area contributed by atoms with Crippen molar-refractivity contribution in [1.29, 1.82) is 0 Å². The molecule has 0 radical (unpaired) electrons. The summed E-state index contributed by atoms with van der Waals surface area (Å²) in [6, 6.07) is 7.59. The normalized spacial score (nSPS) is 14.1. The van der Waals surface area contributed by atoms with Crippen molar-refractivity contribution >= 4 is 16.9 Å². The Bertz CT molecular complexity index is 507. The van der Waals surface area contributed by atoms with Crippen molar-refractivity contribution in [2.45, 2.75) is 37.3 Å². The Hall–Kier alpha value is -1.25. The SMILES string of the molecule is O=C(SCCC(F)(F)C(F)C(F)(F)CC(F)F)c1ccccc1. The molecule has 23 heavy (non-hydrogen) atoms. The summed E-state index contributed by atoms with van der Waals surface area (Å²) in [4.78, 5) is 11.6. The zero-order valence-electron chi connectivity index (χ0n) is 11.6. The largest absolute Gasteiger partial charge is 0.290 e. The second-order valence-electron chi connectivity index (χ2n) is 4.73. The van der Waals surface area contributed by atoms with Crippen LogP contribution in [0.3, 0.4) is 0 Å². The van der Waals surface area contributed by atoms with Crippen LogP contribution in [0.5, 0.6) is 0 Å². The molecule has 1 rings (SSSR count). The van der Waals surface area contributed by atoms with Crippen LogP contribution in [0.15, 0.2) is 30.3 Å². The van der Waals surface area contributed by atoms with Crippen molar-refractivity contribution in [3.63, 3.8) is 0 Å². The molecule has 0 heterocycles. The highest BCUT2D eigenvalue weighted by atomic mass is 32.2. The molecule has 1 nitrogen and oxygen atoms in total. The Morgan fingerprint density at radius 3 is 2.09 bits per heavy atom. The molecule has 1 atom stereocenters. The maximum Gasteiger partial charge on any atom is 0.290 e. The van der Waals surface area contributed by atoms with Gasteiger partial charge in [0.1, 0.15) is 0 Å². The highest BCUT2D eigenvalue weighted by molar-refractivity contribution is 8.14. The molecule has 0 saturated heterocycles. The van der Waals surface area contributed by atoms with Gasteiger partial charge in [-0.05, 0) is 0 Å². The molecule has 1 unspecified atom stereocenters. The van der Waals surface area contributed by atoms with Gasteiger partial charge in [0.2, 0.25) is 17.7 Å². The Labute approximate surface area is 132 Å². The Morgan fingerprint density at radius 2 is 1.57 bits per heavy atom. The minimum Gasteiger partial charge on any atom is -0.282 e. The molecular formula is C14H13F7OS. The minimum absolute atomic E-state index is 0.223. The zero-order valence-corrected chi connectivity index (χ0v) is 12.4. The lowest BCUT2D eigenvalue weighted by atomic mass is 10.0. The number of hydrogen-bond acceptors (Lipinski definition) is 2. The lowest BCUT2D eigenvalue weighted by Crippen LogP contribution is -2.45. The van der Waals surface area contributed by atoms with Crippen LogP contribution in [-0.2, 0) is 0 Å². The first-order chi connectivity index (χ1) is 10.6. The van der Waals surface area contributed by atoms with Gasteiger partial charge in [0.15, 0.2) is 0 Å². The van der Waals surface area contributed by atoms with E-state index in [-0.39, 0.29) is 5.56 Å². The number of benzene rings is 1. The van der Waals surface area contributed by atoms with Gasteiger partial charge in [0.05, 0.1) is 6.42 Å². The molecule has 1 aromatic carbocycles. The van der Waals surface area contributed by atoms with E-state index >= 15 is 0 Å². The fraction of sp³-hybridized carbons (Fsp3) is 0.500. The molecule has 0 N–H and O–H groups in total. The average Bonchev–Trinajstić information content (AvgIpc) is 2.45. The highest BCUT2D eigenvalue weighted by Crippen LogP contribution is 2.40. The summed E-state index contributed by atoms with van der Waals surface area (Å²) in [5, 5.41) is -0.573. The van der Waals surface area contributed by atoms with Gasteiger partial charge in [-0.1, -0.05) is 42.1 Å². The van der Waals surface area contributed by atoms with E-state index in [0.29, 0.717) is 11.8 Å². The van der Waals surface area contributed by atoms with Gasteiger partial charge >= 0.3 is 0 Å². The fourth-order valence-electron chi connectivity index (χ4n) is 1.68. The molecule has 0 saturated carbocycles. The molecule has 1 aromatic rings. The Balaban J connectivity index is 2.56. The molecule has 0 fully saturated rings. The summed E-state index contributed by atoms with van der Waals surface area (Å²) in [5.41, 5.74) is 0.223. The van der Waals surface area contributed by atoms with Crippen LogP contribution in [0.25, 0.3) is 0 Å². The van der Waals surface area contributed by atoms with Gasteiger partial charge < -0.3 is 0 Å². The predicted octanol–water partition coefficient (Wildman–Crippen LogP) is 5.21. The van der Waals surface area contributed by atoms with Crippen molar-refractivity contribution < 1.29 is 35.5 Å². The van der Waals surface area contributed by atoms with E-state index in [9.17, 15) is 35.5 Å². The molecule has 0 amide bonds. The molecule has 130 valence electrons. The second-order valence-corrected chi connectivity index (χ2v) is 5.80. The van der Waals surface area contributed by atoms with Crippen molar-refractivity contribution in [1.82, 2.24) is 0 Å². The standard InChI is InChI=1S/C14H13F7OS/c15-10(16)8-14(20,21)12(17)13(18,19)6-7-23-11(22)9-4-2-1-3-5-9/h1-5,10,12H,6-8H2. The number of thioether (sulfide) groups is 1. The number of hydrogen-bond donors (Lipinski definition) is 0. The van der Waals surface area contributed by atoms with E-state index in [1.54, 1.807) is 18.2 Å². The molecule has 0 aromatic heterocycles. The maximum absolute atomic E-state index is 13.4. The molecule has 0 spiro atoms. The summed E-state index contributed by atoms with van der Waals surface area (Å²) >= 11 is 0.420. The predicted molar refractivity (Wildman–Crippen MR) is 73.3 cm³/mol. The summed E-state index contributed by atoms with van der Waals surface area (Å²) < 4.78 is 89.8. The van der Waals surface area contributed by atoms with Crippen LogP contribution in [0.1, 0.15) is 23.2 Å². The number of carbonyl (C=O) groups is 1. The lowest BCUT2D eigenvalue weighted by molar-refractivity contribution is -0.194. The summed E-state index contributed by atoms with van der Waals surface area (Å²) in [6.45, 7) is 0. The van der Waals surface area contributed by atoms with Crippen molar-refractivity contribution in [3.05, 3.63) is 35.9 Å². The average molecular weight is 362 g/mol. The maximum atomic E-state index is 13.4. The van der Waals surface area contributed by atoms with E-state index in [0.717, 1.165) is 0 Å². The first-order valence-electron chi connectivity index (χ1n) is 6.46. The topological polar surface area (TPSA) is 17.1 Å². The monoisotopic (exact) mass is 362 g/mol. The van der Waals surface area contributed by atoms with Gasteiger partial charge in [-0.15, -0.1) is 0 Å². The molecule has 9 heteroatoms. The molecule has 0 aliphatic heterocycles. The van der Waals surface area contributed by atoms with Crippen LogP contribution in [0, 0.1) is 0 Å². The second kappa shape index (κ2) is 8.03. The zero-order chi connectivity index (χ0) is 17.7. The van der Waals surface area contributed by atoms with E-state index in [1.807, 2.05) is 0 Å². The first-order valence-corrected chi connectivity index (χ1v) is 7.45. The quantitative estimate of drug-likeness (QED) is 0.590. The van der Waals surface area contributed by atoms with Crippen LogP contribution >= 0.6 is 11.8 Å². The van der Waals surface area contributed by atoms with Gasteiger partial charge in [-0.25, -0.2) is 30.7 Å². The molecule has 0 bridgehead atoms. The third-order valence-electron chi connectivity index (χ3n) is 2.85. The van der Waals surface area contributed by atoms with Crippen molar-refractivity contribution in [2.75, 3.05) is 5.75 Å². The van der Waals surface area contributed by atoms with Gasteiger partial charge in [0, 0.05) is 17.7 Å². The van der Waals surface area contributed by atoms with Crippen molar-refractivity contribution in [2.24, 2.45) is 0 Å². The van der Waals surface area contributed by atoms with Crippen LogP contribution < -0.4 is 0 Å². The lowest BCUT2D eigenvalue weighted by Gasteiger charge is -2.27. The minimum atomic E-state index is -4.84. The summed E-state index contributed by atoms with van der Waals surface area (Å²) in [5.74, 6) is -9.97. The van der Waals surface area contributed by atoms with Crippen LogP contribution in [0.4, 0.5) is 30.7 Å². The smallest absolute Gasteiger partial charge is 0.282 e. The highest BCUT2D eigenvalue weighted by Gasteiger charge is 2.56.